The molecule has 2 N–H and O–H groups in total. The van der Waals surface area contributed by atoms with Crippen molar-refractivity contribution in [2.45, 2.75) is 50.4 Å². The maximum atomic E-state index is 13.8. The fourth-order valence-corrected chi connectivity index (χ4v) is 5.11. The van der Waals surface area contributed by atoms with Gasteiger partial charge in [0, 0.05) is 47.8 Å². The van der Waals surface area contributed by atoms with Gasteiger partial charge in [-0.25, -0.2) is 9.18 Å². The van der Waals surface area contributed by atoms with Crippen LogP contribution in [0.15, 0.2) is 30.5 Å². The van der Waals surface area contributed by atoms with Crippen LogP contribution in [-0.4, -0.2) is 64.0 Å². The van der Waals surface area contributed by atoms with Crippen molar-refractivity contribution >= 4 is 28.7 Å². The van der Waals surface area contributed by atoms with Crippen LogP contribution in [0.1, 0.15) is 42.5 Å². The van der Waals surface area contributed by atoms with E-state index in [1.807, 2.05) is 30.5 Å². The first-order chi connectivity index (χ1) is 14.5. The van der Waals surface area contributed by atoms with Crippen LogP contribution in [0, 0.1) is 5.92 Å². The lowest BCUT2D eigenvalue weighted by Crippen LogP contribution is -2.65. The minimum Gasteiger partial charge on any atom is -0.361 e. The molecule has 1 aromatic carbocycles. The normalized spacial score (nSPS) is 27.8. The quantitative estimate of drug-likeness (QED) is 0.795. The van der Waals surface area contributed by atoms with Crippen molar-refractivity contribution in [3.8, 4) is 0 Å². The molecule has 4 amide bonds. The summed E-state index contributed by atoms with van der Waals surface area (Å²) in [5.41, 5.74) is 1.61. The number of carbonyl (C=O) groups is 3. The number of amides is 4. The van der Waals surface area contributed by atoms with E-state index in [-0.39, 0.29) is 36.3 Å². The number of likely N-dealkylation sites (tertiary alicyclic amines) is 1. The van der Waals surface area contributed by atoms with Crippen LogP contribution in [0.5, 0.6) is 0 Å². The summed E-state index contributed by atoms with van der Waals surface area (Å²) in [6.45, 7) is 0.955. The number of nitrogens with one attached hydrogen (secondary N) is 2. The summed E-state index contributed by atoms with van der Waals surface area (Å²) in [5.74, 6) is -0.772. The molecule has 1 aromatic heterocycles. The predicted molar refractivity (Wildman–Crippen MR) is 109 cm³/mol. The molecule has 2 aromatic rings. The average Bonchev–Trinajstić information content (AvgIpc) is 3.22. The summed E-state index contributed by atoms with van der Waals surface area (Å²) >= 11 is 0. The number of hydrogen-bond acceptors (Lipinski definition) is 3. The van der Waals surface area contributed by atoms with E-state index in [1.165, 1.54) is 4.90 Å². The molecule has 3 unspecified atom stereocenters. The van der Waals surface area contributed by atoms with Gasteiger partial charge in [-0.2, -0.15) is 0 Å². The Morgan fingerprint density at radius 1 is 1.07 bits per heavy atom. The maximum Gasteiger partial charge on any atom is 0.324 e. The third-order valence-corrected chi connectivity index (χ3v) is 6.79. The van der Waals surface area contributed by atoms with Crippen LogP contribution in [0.25, 0.3) is 10.9 Å². The molecule has 3 fully saturated rings. The molecule has 30 heavy (non-hydrogen) atoms. The fourth-order valence-electron chi connectivity index (χ4n) is 5.11. The van der Waals surface area contributed by atoms with Crippen molar-refractivity contribution in [3.05, 3.63) is 36.0 Å². The molecule has 0 bridgehead atoms. The summed E-state index contributed by atoms with van der Waals surface area (Å²) in [4.78, 5) is 44.7. The zero-order valence-electron chi connectivity index (χ0n) is 16.6. The number of piperidine rings is 1. The van der Waals surface area contributed by atoms with E-state index in [1.54, 1.807) is 4.90 Å². The zero-order chi connectivity index (χ0) is 20.8. The Bertz CT molecular complexity index is 997. The van der Waals surface area contributed by atoms with E-state index in [0.29, 0.717) is 44.3 Å². The minimum atomic E-state index is -0.983. The Morgan fingerprint density at radius 3 is 2.67 bits per heavy atom. The molecular formula is C22H25FN4O3. The van der Waals surface area contributed by atoms with Gasteiger partial charge in [0.05, 0.1) is 5.92 Å². The third-order valence-electron chi connectivity index (χ3n) is 6.79. The molecule has 0 radical (unpaired) electrons. The Hall–Kier alpha value is -2.90. The predicted octanol–water partition coefficient (Wildman–Crippen LogP) is 2.83. The minimum absolute atomic E-state index is 0.0430. The average molecular weight is 412 g/mol. The van der Waals surface area contributed by atoms with Crippen molar-refractivity contribution in [3.63, 3.8) is 0 Å². The number of hydrogen-bond donors (Lipinski definition) is 2. The molecular weight excluding hydrogens is 387 g/mol. The van der Waals surface area contributed by atoms with Crippen molar-refractivity contribution in [1.29, 1.82) is 0 Å². The van der Waals surface area contributed by atoms with E-state index in [9.17, 15) is 18.8 Å². The van der Waals surface area contributed by atoms with Crippen molar-refractivity contribution < 1.29 is 18.8 Å². The number of alkyl halides is 1. The molecule has 158 valence electrons. The first kappa shape index (κ1) is 19.1. The summed E-state index contributed by atoms with van der Waals surface area (Å²) in [7, 11) is 0. The SMILES string of the molecule is O=C(c1ccc2[nH]ccc2c1)N1CCC(N2C(=O)NC3CCC(F)CC3C2=O)CC1. The number of fused-ring (bicyclic) bond motifs is 2. The Labute approximate surface area is 173 Å². The zero-order valence-corrected chi connectivity index (χ0v) is 16.6. The first-order valence-electron chi connectivity index (χ1n) is 10.7. The lowest BCUT2D eigenvalue weighted by atomic mass is 9.80. The second-order valence-electron chi connectivity index (χ2n) is 8.58. The smallest absolute Gasteiger partial charge is 0.324 e. The summed E-state index contributed by atoms with van der Waals surface area (Å²) in [6, 6.07) is 6.63. The number of nitrogens with zero attached hydrogens (tertiary/aromatic N) is 2. The Balaban J connectivity index is 1.25. The van der Waals surface area contributed by atoms with Crippen molar-refractivity contribution in [2.24, 2.45) is 5.92 Å². The van der Waals surface area contributed by atoms with Gasteiger partial charge in [0.25, 0.3) is 5.91 Å². The lowest BCUT2D eigenvalue weighted by molar-refractivity contribution is -0.140. The molecule has 1 aliphatic carbocycles. The monoisotopic (exact) mass is 412 g/mol. The fraction of sp³-hybridized carbons (Fsp3) is 0.500. The number of halogens is 1. The van der Waals surface area contributed by atoms with Gasteiger partial charge in [0.2, 0.25) is 5.91 Å². The molecule has 3 atom stereocenters. The van der Waals surface area contributed by atoms with Crippen LogP contribution in [0.2, 0.25) is 0 Å². The van der Waals surface area contributed by atoms with Gasteiger partial charge in [-0.05, 0) is 56.4 Å². The highest BCUT2D eigenvalue weighted by atomic mass is 19.1. The number of benzene rings is 1. The molecule has 7 nitrogen and oxygen atoms in total. The van der Waals surface area contributed by atoms with Gasteiger partial charge in [-0.1, -0.05) is 0 Å². The van der Waals surface area contributed by atoms with E-state index in [0.717, 1.165) is 10.9 Å². The first-order valence-corrected chi connectivity index (χ1v) is 10.7. The second kappa shape index (κ2) is 7.41. The number of urea groups is 1. The molecule has 2 saturated heterocycles. The number of aromatic amines is 1. The molecule has 2 aliphatic heterocycles. The number of H-pyrrole nitrogens is 1. The highest BCUT2D eigenvalue weighted by Crippen LogP contribution is 2.33. The number of rotatable bonds is 2. The number of aromatic nitrogens is 1. The Morgan fingerprint density at radius 2 is 1.87 bits per heavy atom. The van der Waals surface area contributed by atoms with Crippen molar-refractivity contribution in [2.75, 3.05) is 13.1 Å². The summed E-state index contributed by atoms with van der Waals surface area (Å²) < 4.78 is 13.8. The number of carbonyl (C=O) groups excluding carboxylic acids is 3. The van der Waals surface area contributed by atoms with Gasteiger partial charge < -0.3 is 15.2 Å². The molecule has 8 heteroatoms. The highest BCUT2D eigenvalue weighted by Gasteiger charge is 2.47. The molecule has 3 heterocycles. The van der Waals surface area contributed by atoms with Crippen LogP contribution in [-0.2, 0) is 4.79 Å². The van der Waals surface area contributed by atoms with Crippen LogP contribution in [0.3, 0.4) is 0 Å². The van der Waals surface area contributed by atoms with Gasteiger partial charge in [-0.15, -0.1) is 0 Å². The van der Waals surface area contributed by atoms with Crippen LogP contribution >= 0.6 is 0 Å². The van der Waals surface area contributed by atoms with Crippen LogP contribution < -0.4 is 5.32 Å². The van der Waals surface area contributed by atoms with Gasteiger partial charge in [0.1, 0.15) is 6.17 Å². The van der Waals surface area contributed by atoms with Crippen molar-refractivity contribution in [1.82, 2.24) is 20.1 Å². The summed E-state index contributed by atoms with van der Waals surface area (Å²) in [6.07, 6.45) is 3.01. The lowest BCUT2D eigenvalue weighted by Gasteiger charge is -2.45. The van der Waals surface area contributed by atoms with Crippen LogP contribution in [0.4, 0.5) is 9.18 Å². The van der Waals surface area contributed by atoms with Gasteiger partial charge >= 0.3 is 6.03 Å². The molecule has 0 spiro atoms. The van der Waals surface area contributed by atoms with Gasteiger partial charge in [0.15, 0.2) is 0 Å². The van der Waals surface area contributed by atoms with E-state index >= 15 is 0 Å². The highest BCUT2D eigenvalue weighted by molar-refractivity contribution is 6.00. The molecule has 3 aliphatic rings. The van der Waals surface area contributed by atoms with E-state index < -0.39 is 12.1 Å². The van der Waals surface area contributed by atoms with Gasteiger partial charge in [-0.3, -0.25) is 14.5 Å². The Kier molecular flexibility index (Phi) is 4.72. The largest absolute Gasteiger partial charge is 0.361 e. The van der Waals surface area contributed by atoms with E-state index in [2.05, 4.69) is 10.3 Å². The third kappa shape index (κ3) is 3.24. The topological polar surface area (TPSA) is 85.5 Å². The molecule has 1 saturated carbocycles. The molecule has 5 rings (SSSR count). The second-order valence-corrected chi connectivity index (χ2v) is 8.58. The maximum absolute atomic E-state index is 13.8. The van der Waals surface area contributed by atoms with E-state index in [4.69, 9.17) is 0 Å². The number of imide groups is 1. The summed E-state index contributed by atoms with van der Waals surface area (Å²) in [5, 5.41) is 3.89. The standard InChI is InChI=1S/C22H25FN4O3/c23-15-2-4-19-17(12-15)21(29)27(22(30)25-19)16-6-9-26(10-7-16)20(28)14-1-3-18-13(11-14)5-8-24-18/h1,3,5,8,11,15-17,19,24H,2,4,6-7,9-10,12H2,(H,25,30).